The molecule has 0 bridgehead atoms. The number of amides is 1. The Hall–Kier alpha value is -3.26. The summed E-state index contributed by atoms with van der Waals surface area (Å²) in [6, 6.07) is 22.4. The molecule has 2 aromatic carbocycles. The van der Waals surface area contributed by atoms with E-state index in [4.69, 9.17) is 10.9 Å². The van der Waals surface area contributed by atoms with Crippen molar-refractivity contribution < 1.29 is 15.0 Å². The normalized spacial score (nSPS) is 13.0. The van der Waals surface area contributed by atoms with Gasteiger partial charge in [-0.1, -0.05) is 60.7 Å². The van der Waals surface area contributed by atoms with Crippen molar-refractivity contribution in [2.45, 2.75) is 25.1 Å². The van der Waals surface area contributed by atoms with Gasteiger partial charge in [0, 0.05) is 24.8 Å². The smallest absolute Gasteiger partial charge is 0.404 e. The van der Waals surface area contributed by atoms with Crippen LogP contribution in [0.5, 0.6) is 0 Å². The van der Waals surface area contributed by atoms with Gasteiger partial charge in [-0.25, -0.2) is 9.80 Å². The number of carbonyl (C=O) groups is 1. The van der Waals surface area contributed by atoms with Crippen LogP contribution in [0.2, 0.25) is 0 Å². The fraction of sp³-hybridized carbons (Fsp3) is 0.217. The third kappa shape index (κ3) is 6.38. The van der Waals surface area contributed by atoms with E-state index in [0.29, 0.717) is 13.0 Å². The molecule has 7 heteroatoms. The SMILES string of the molecule is NN(Cc1ccc(-c2ccccn2)cc1)C[C@@H](O)[C@H](Cc1ccccc1)NC(=O)O. The van der Waals surface area contributed by atoms with Crippen LogP contribution < -0.4 is 11.2 Å². The van der Waals surface area contributed by atoms with E-state index in [2.05, 4.69) is 10.3 Å². The highest BCUT2D eigenvalue weighted by molar-refractivity contribution is 5.65. The second-order valence-corrected chi connectivity index (χ2v) is 7.15. The summed E-state index contributed by atoms with van der Waals surface area (Å²) in [5.74, 6) is 6.10. The lowest BCUT2D eigenvalue weighted by atomic mass is 10.0. The average molecular weight is 406 g/mol. The van der Waals surface area contributed by atoms with Crippen LogP contribution in [0.1, 0.15) is 11.1 Å². The largest absolute Gasteiger partial charge is 0.465 e. The molecule has 0 aliphatic carbocycles. The van der Waals surface area contributed by atoms with Gasteiger partial charge in [0.15, 0.2) is 0 Å². The molecule has 0 aliphatic heterocycles. The summed E-state index contributed by atoms with van der Waals surface area (Å²) in [6.45, 7) is 0.546. The van der Waals surface area contributed by atoms with Gasteiger partial charge < -0.3 is 15.5 Å². The minimum absolute atomic E-state index is 0.125. The van der Waals surface area contributed by atoms with Crippen LogP contribution in [0.4, 0.5) is 4.79 Å². The minimum Gasteiger partial charge on any atom is -0.465 e. The first kappa shape index (κ1) is 21.4. The number of nitrogens with one attached hydrogen (secondary N) is 1. The molecule has 1 aromatic heterocycles. The Balaban J connectivity index is 1.59. The molecule has 7 nitrogen and oxygen atoms in total. The van der Waals surface area contributed by atoms with Crippen molar-refractivity contribution in [1.29, 1.82) is 0 Å². The first-order chi connectivity index (χ1) is 14.5. The topological polar surface area (TPSA) is 112 Å². The highest BCUT2D eigenvalue weighted by Gasteiger charge is 2.23. The van der Waals surface area contributed by atoms with Crippen LogP contribution in [-0.2, 0) is 13.0 Å². The number of nitrogens with two attached hydrogens (primary N) is 1. The van der Waals surface area contributed by atoms with Gasteiger partial charge in [-0.2, -0.15) is 0 Å². The summed E-state index contributed by atoms with van der Waals surface area (Å²) in [4.78, 5) is 15.5. The Bertz CT molecular complexity index is 920. The lowest BCUT2D eigenvalue weighted by Gasteiger charge is -2.27. The Labute approximate surface area is 175 Å². The molecule has 0 unspecified atom stereocenters. The Morgan fingerprint density at radius 2 is 1.70 bits per heavy atom. The van der Waals surface area contributed by atoms with Gasteiger partial charge in [-0.15, -0.1) is 0 Å². The number of nitrogens with zero attached hydrogens (tertiary/aromatic N) is 2. The molecule has 3 rings (SSSR count). The number of benzene rings is 2. The van der Waals surface area contributed by atoms with Crippen molar-refractivity contribution in [3.63, 3.8) is 0 Å². The molecule has 0 fully saturated rings. The maximum absolute atomic E-state index is 11.2. The second kappa shape index (κ2) is 10.5. The molecule has 0 aliphatic rings. The van der Waals surface area contributed by atoms with E-state index >= 15 is 0 Å². The lowest BCUT2D eigenvalue weighted by Crippen LogP contribution is -2.50. The van der Waals surface area contributed by atoms with E-state index in [1.807, 2.05) is 72.8 Å². The van der Waals surface area contributed by atoms with Crippen LogP contribution in [-0.4, -0.2) is 45.0 Å². The van der Waals surface area contributed by atoms with Crippen molar-refractivity contribution in [1.82, 2.24) is 15.3 Å². The van der Waals surface area contributed by atoms with Gasteiger partial charge in [0.2, 0.25) is 0 Å². The van der Waals surface area contributed by atoms with Crippen LogP contribution in [0, 0.1) is 0 Å². The van der Waals surface area contributed by atoms with Crippen molar-refractivity contribution in [3.05, 3.63) is 90.1 Å². The standard InChI is InChI=1S/C23H26N4O3/c24-27(15-18-9-11-19(12-10-18)20-8-4-5-13-25-20)16-22(28)21(26-23(29)30)14-17-6-2-1-3-7-17/h1-13,21-22,26,28H,14-16,24H2,(H,29,30)/t21-,22+/m0/s1. The van der Waals surface area contributed by atoms with Crippen LogP contribution in [0.3, 0.4) is 0 Å². The van der Waals surface area contributed by atoms with E-state index < -0.39 is 18.2 Å². The van der Waals surface area contributed by atoms with Crippen molar-refractivity contribution in [2.24, 2.45) is 5.84 Å². The molecule has 1 amide bonds. The van der Waals surface area contributed by atoms with Gasteiger partial charge in [0.25, 0.3) is 0 Å². The summed E-state index contributed by atoms with van der Waals surface area (Å²) in [6.07, 6.45) is -0.00717. The van der Waals surface area contributed by atoms with Gasteiger partial charge in [0.1, 0.15) is 0 Å². The molecule has 2 atom stereocenters. The molecule has 5 N–H and O–H groups in total. The predicted molar refractivity (Wildman–Crippen MR) is 115 cm³/mol. The quantitative estimate of drug-likeness (QED) is 0.321. The Morgan fingerprint density at radius 1 is 1.00 bits per heavy atom. The van der Waals surface area contributed by atoms with Gasteiger partial charge in [0.05, 0.1) is 17.8 Å². The number of hydrogen-bond acceptors (Lipinski definition) is 5. The summed E-state index contributed by atoms with van der Waals surface area (Å²) in [5, 5.41) is 23.6. The zero-order valence-electron chi connectivity index (χ0n) is 16.6. The maximum Gasteiger partial charge on any atom is 0.404 e. The number of hydrogen-bond donors (Lipinski definition) is 4. The highest BCUT2D eigenvalue weighted by atomic mass is 16.4. The fourth-order valence-corrected chi connectivity index (χ4v) is 3.29. The third-order valence-electron chi connectivity index (χ3n) is 4.79. The maximum atomic E-state index is 11.2. The molecule has 156 valence electrons. The molecule has 1 heterocycles. The zero-order chi connectivity index (χ0) is 21.3. The molecule has 0 spiro atoms. The third-order valence-corrected chi connectivity index (χ3v) is 4.79. The van der Waals surface area contributed by atoms with E-state index in [0.717, 1.165) is 22.4 Å². The summed E-state index contributed by atoms with van der Waals surface area (Å²) >= 11 is 0. The highest BCUT2D eigenvalue weighted by Crippen LogP contribution is 2.17. The van der Waals surface area contributed by atoms with Crippen LogP contribution in [0.15, 0.2) is 79.0 Å². The first-order valence-electron chi connectivity index (χ1n) is 9.72. The van der Waals surface area contributed by atoms with Crippen LogP contribution in [0.25, 0.3) is 11.3 Å². The van der Waals surface area contributed by atoms with E-state index in [1.165, 1.54) is 5.01 Å². The van der Waals surface area contributed by atoms with Crippen LogP contribution >= 0.6 is 0 Å². The summed E-state index contributed by atoms with van der Waals surface area (Å²) in [5.41, 5.74) is 3.82. The van der Waals surface area contributed by atoms with Crippen molar-refractivity contribution in [2.75, 3.05) is 6.54 Å². The number of hydrazine groups is 1. The van der Waals surface area contributed by atoms with Gasteiger partial charge in [-0.05, 0) is 29.7 Å². The molecule has 0 saturated heterocycles. The number of aliphatic hydroxyl groups is 1. The fourth-order valence-electron chi connectivity index (χ4n) is 3.29. The molecule has 30 heavy (non-hydrogen) atoms. The van der Waals surface area contributed by atoms with E-state index in [-0.39, 0.29) is 6.54 Å². The van der Waals surface area contributed by atoms with E-state index in [1.54, 1.807) is 6.20 Å². The molecule has 0 radical (unpaired) electrons. The number of carboxylic acid groups (broad SMARTS) is 1. The van der Waals surface area contributed by atoms with E-state index in [9.17, 15) is 9.90 Å². The van der Waals surface area contributed by atoms with Gasteiger partial charge in [-0.3, -0.25) is 10.8 Å². The Kier molecular flexibility index (Phi) is 7.51. The summed E-state index contributed by atoms with van der Waals surface area (Å²) in [7, 11) is 0. The monoisotopic (exact) mass is 406 g/mol. The lowest BCUT2D eigenvalue weighted by molar-refractivity contribution is 0.0746. The number of pyridine rings is 1. The van der Waals surface area contributed by atoms with Gasteiger partial charge >= 0.3 is 6.09 Å². The minimum atomic E-state index is -1.18. The Morgan fingerprint density at radius 3 is 2.33 bits per heavy atom. The second-order valence-electron chi connectivity index (χ2n) is 7.15. The number of rotatable bonds is 9. The van der Waals surface area contributed by atoms with Crippen molar-refractivity contribution in [3.8, 4) is 11.3 Å². The molecular weight excluding hydrogens is 380 g/mol. The summed E-state index contributed by atoms with van der Waals surface area (Å²) < 4.78 is 0. The number of aliphatic hydroxyl groups excluding tert-OH is 1. The molecule has 3 aromatic rings. The predicted octanol–water partition coefficient (Wildman–Crippen LogP) is 2.66. The molecule has 0 saturated carbocycles. The molecular formula is C23H26N4O3. The number of aromatic nitrogens is 1. The first-order valence-corrected chi connectivity index (χ1v) is 9.72. The average Bonchev–Trinajstić information content (AvgIpc) is 2.75. The van der Waals surface area contributed by atoms with Crippen molar-refractivity contribution >= 4 is 6.09 Å². The zero-order valence-corrected chi connectivity index (χ0v) is 16.6.